The van der Waals surface area contributed by atoms with Crippen molar-refractivity contribution >= 4 is 29.0 Å². The van der Waals surface area contributed by atoms with Crippen LogP contribution >= 0.6 is 23.1 Å². The number of carbonyl (C=O) groups is 1. The molecule has 24 heavy (non-hydrogen) atoms. The lowest BCUT2D eigenvalue weighted by molar-refractivity contribution is 0.0923. The van der Waals surface area contributed by atoms with Crippen molar-refractivity contribution in [2.45, 2.75) is 55.3 Å². The summed E-state index contributed by atoms with van der Waals surface area (Å²) in [5.74, 6) is 0.806. The van der Waals surface area contributed by atoms with Crippen LogP contribution in [0.4, 0.5) is 0 Å². The predicted octanol–water partition coefficient (Wildman–Crippen LogP) is 3.74. The topological polar surface area (TPSA) is 68.0 Å². The van der Waals surface area contributed by atoms with Crippen LogP contribution in [0.15, 0.2) is 34.5 Å². The molecule has 0 radical (unpaired) electrons. The van der Waals surface area contributed by atoms with E-state index in [1.165, 1.54) is 0 Å². The van der Waals surface area contributed by atoms with Gasteiger partial charge in [-0.3, -0.25) is 4.79 Å². The van der Waals surface area contributed by atoms with Gasteiger partial charge in [-0.2, -0.15) is 0 Å². The number of thioether (sulfide) groups is 1. The highest BCUT2D eigenvalue weighted by Crippen LogP contribution is 2.27. The lowest BCUT2D eigenvalue weighted by Crippen LogP contribution is -2.40. The molecule has 1 aliphatic rings. The molecule has 0 spiro atoms. The molecule has 0 saturated heterocycles. The molecular formula is C18H23N3OS2. The monoisotopic (exact) mass is 361 g/mol. The van der Waals surface area contributed by atoms with Gasteiger partial charge in [-0.15, -0.1) is 23.1 Å². The van der Waals surface area contributed by atoms with Gasteiger partial charge in [0.1, 0.15) is 0 Å². The molecule has 0 bridgehead atoms. The van der Waals surface area contributed by atoms with Gasteiger partial charge < -0.3 is 11.1 Å². The Morgan fingerprint density at radius 1 is 1.33 bits per heavy atom. The second-order valence-electron chi connectivity index (χ2n) is 6.23. The van der Waals surface area contributed by atoms with Crippen molar-refractivity contribution in [3.05, 3.63) is 45.9 Å². The lowest BCUT2D eigenvalue weighted by atomic mass is 9.91. The van der Waals surface area contributed by atoms with Gasteiger partial charge in [-0.25, -0.2) is 4.98 Å². The first kappa shape index (κ1) is 17.5. The Kier molecular flexibility index (Phi) is 5.92. The number of rotatable bonds is 5. The second kappa shape index (κ2) is 8.14. The van der Waals surface area contributed by atoms with Crippen molar-refractivity contribution in [2.24, 2.45) is 5.73 Å². The van der Waals surface area contributed by atoms with Gasteiger partial charge in [0.05, 0.1) is 16.3 Å². The van der Waals surface area contributed by atoms with Crippen molar-refractivity contribution in [2.75, 3.05) is 0 Å². The van der Waals surface area contributed by atoms with E-state index in [2.05, 4.69) is 15.7 Å². The number of thiazole rings is 1. The largest absolute Gasteiger partial charge is 0.349 e. The van der Waals surface area contributed by atoms with Gasteiger partial charge in [0.15, 0.2) is 0 Å². The van der Waals surface area contributed by atoms with Gasteiger partial charge in [-0.05, 0) is 44.7 Å². The van der Waals surface area contributed by atoms with Gasteiger partial charge in [0, 0.05) is 28.1 Å². The summed E-state index contributed by atoms with van der Waals surface area (Å²) in [7, 11) is 0. The normalized spacial score (nSPS) is 20.8. The van der Waals surface area contributed by atoms with Crippen LogP contribution in [-0.2, 0) is 5.75 Å². The Morgan fingerprint density at radius 3 is 2.79 bits per heavy atom. The van der Waals surface area contributed by atoms with Gasteiger partial charge in [0.25, 0.3) is 5.91 Å². The number of aryl methyl sites for hydroxylation is 1. The Balaban J connectivity index is 1.63. The Morgan fingerprint density at radius 2 is 2.08 bits per heavy atom. The molecular weight excluding hydrogens is 338 g/mol. The maximum Gasteiger partial charge on any atom is 0.252 e. The minimum Gasteiger partial charge on any atom is -0.349 e. The van der Waals surface area contributed by atoms with Crippen LogP contribution in [0.1, 0.15) is 46.7 Å². The molecule has 1 heterocycles. The van der Waals surface area contributed by atoms with Crippen LogP contribution in [0.3, 0.4) is 0 Å². The molecule has 4 nitrogen and oxygen atoms in total. The highest BCUT2D eigenvalue weighted by atomic mass is 32.2. The van der Waals surface area contributed by atoms with Crippen molar-refractivity contribution < 1.29 is 4.79 Å². The van der Waals surface area contributed by atoms with Crippen LogP contribution in [0.2, 0.25) is 0 Å². The first-order valence-corrected chi connectivity index (χ1v) is 10.2. The smallest absolute Gasteiger partial charge is 0.252 e. The van der Waals surface area contributed by atoms with Crippen LogP contribution in [0, 0.1) is 6.92 Å². The summed E-state index contributed by atoms with van der Waals surface area (Å²) in [5, 5.41) is 6.33. The standard InChI is InChI=1S/C18H23N3OS2/c1-12-20-15(10-23-12)11-24-17-5-3-2-4-16(17)18(22)21-14-8-6-13(19)7-9-14/h2-5,10,13-14H,6-9,11,19H2,1H3,(H,21,22). The number of hydrogen-bond acceptors (Lipinski definition) is 5. The summed E-state index contributed by atoms with van der Waals surface area (Å²) in [5.41, 5.74) is 7.76. The van der Waals surface area contributed by atoms with Crippen molar-refractivity contribution in [1.29, 1.82) is 0 Å². The van der Waals surface area contributed by atoms with E-state index in [9.17, 15) is 4.79 Å². The summed E-state index contributed by atoms with van der Waals surface area (Å²) in [4.78, 5) is 18.2. The van der Waals surface area contributed by atoms with Crippen LogP contribution < -0.4 is 11.1 Å². The Labute approximate surface area is 151 Å². The maximum atomic E-state index is 12.7. The molecule has 0 aliphatic heterocycles. The summed E-state index contributed by atoms with van der Waals surface area (Å²) in [6, 6.07) is 8.35. The van der Waals surface area contributed by atoms with E-state index in [-0.39, 0.29) is 11.9 Å². The molecule has 1 saturated carbocycles. The first-order valence-electron chi connectivity index (χ1n) is 8.31. The molecule has 6 heteroatoms. The molecule has 1 amide bonds. The van der Waals surface area contributed by atoms with Crippen molar-refractivity contribution in [3.63, 3.8) is 0 Å². The number of nitrogens with zero attached hydrogens (tertiary/aromatic N) is 1. The summed E-state index contributed by atoms with van der Waals surface area (Å²) >= 11 is 3.33. The molecule has 128 valence electrons. The molecule has 1 aliphatic carbocycles. The molecule has 0 unspecified atom stereocenters. The maximum absolute atomic E-state index is 12.7. The highest BCUT2D eigenvalue weighted by molar-refractivity contribution is 7.98. The van der Waals surface area contributed by atoms with Crippen LogP contribution in [0.5, 0.6) is 0 Å². The molecule has 1 aromatic heterocycles. The fourth-order valence-corrected chi connectivity index (χ4v) is 4.59. The average Bonchev–Trinajstić information content (AvgIpc) is 3.01. The first-order chi connectivity index (χ1) is 11.6. The molecule has 3 rings (SSSR count). The Hall–Kier alpha value is -1.37. The third-order valence-electron chi connectivity index (χ3n) is 4.28. The zero-order valence-electron chi connectivity index (χ0n) is 13.8. The Bertz CT molecular complexity index is 693. The summed E-state index contributed by atoms with van der Waals surface area (Å²) < 4.78 is 0. The van der Waals surface area contributed by atoms with E-state index < -0.39 is 0 Å². The van der Waals surface area contributed by atoms with E-state index in [0.717, 1.165) is 52.6 Å². The number of nitrogens with two attached hydrogens (primary N) is 1. The van der Waals surface area contributed by atoms with Crippen molar-refractivity contribution in [3.8, 4) is 0 Å². The summed E-state index contributed by atoms with van der Waals surface area (Å²) in [6.07, 6.45) is 3.93. The fraction of sp³-hybridized carbons (Fsp3) is 0.444. The van der Waals surface area contributed by atoms with Gasteiger partial charge in [-0.1, -0.05) is 12.1 Å². The molecule has 1 fully saturated rings. The van der Waals surface area contributed by atoms with E-state index in [1.54, 1.807) is 23.1 Å². The second-order valence-corrected chi connectivity index (χ2v) is 8.31. The molecule has 3 N–H and O–H groups in total. The highest BCUT2D eigenvalue weighted by Gasteiger charge is 2.21. The number of benzene rings is 1. The van der Waals surface area contributed by atoms with E-state index >= 15 is 0 Å². The van der Waals surface area contributed by atoms with Crippen LogP contribution in [-0.4, -0.2) is 23.0 Å². The zero-order chi connectivity index (χ0) is 16.9. The number of amides is 1. The predicted molar refractivity (Wildman–Crippen MR) is 101 cm³/mol. The average molecular weight is 362 g/mol. The quantitative estimate of drug-likeness (QED) is 0.796. The zero-order valence-corrected chi connectivity index (χ0v) is 15.5. The molecule has 2 aromatic rings. The summed E-state index contributed by atoms with van der Waals surface area (Å²) in [6.45, 7) is 2.01. The lowest BCUT2D eigenvalue weighted by Gasteiger charge is -2.27. The number of hydrogen-bond donors (Lipinski definition) is 2. The van der Waals surface area contributed by atoms with E-state index in [1.807, 2.05) is 31.2 Å². The van der Waals surface area contributed by atoms with Gasteiger partial charge in [0.2, 0.25) is 0 Å². The van der Waals surface area contributed by atoms with E-state index in [4.69, 9.17) is 5.73 Å². The molecule has 0 atom stereocenters. The number of carbonyl (C=O) groups excluding carboxylic acids is 1. The van der Waals surface area contributed by atoms with E-state index in [0.29, 0.717) is 6.04 Å². The SMILES string of the molecule is Cc1nc(CSc2ccccc2C(=O)NC2CCC(N)CC2)cs1. The van der Waals surface area contributed by atoms with Crippen molar-refractivity contribution in [1.82, 2.24) is 10.3 Å². The molecule has 1 aromatic carbocycles. The number of aromatic nitrogens is 1. The fourth-order valence-electron chi connectivity index (χ4n) is 2.93. The minimum atomic E-state index is 0.0213. The number of nitrogens with one attached hydrogen (secondary N) is 1. The minimum absolute atomic E-state index is 0.0213. The van der Waals surface area contributed by atoms with Crippen LogP contribution in [0.25, 0.3) is 0 Å². The third-order valence-corrected chi connectivity index (χ3v) is 6.21. The third kappa shape index (κ3) is 4.59. The van der Waals surface area contributed by atoms with Gasteiger partial charge >= 0.3 is 0 Å².